The van der Waals surface area contributed by atoms with E-state index in [9.17, 15) is 23.1 Å². The van der Waals surface area contributed by atoms with Gasteiger partial charge in [-0.25, -0.2) is 13.2 Å². The van der Waals surface area contributed by atoms with Gasteiger partial charge in [-0.1, -0.05) is 6.07 Å². The summed E-state index contributed by atoms with van der Waals surface area (Å²) >= 11 is 0. The Morgan fingerprint density at radius 2 is 1.86 bits per heavy atom. The molecule has 3 rings (SSSR count). The quantitative estimate of drug-likeness (QED) is 0.734. The number of fused-ring (bicyclic) bond motifs is 1. The van der Waals surface area contributed by atoms with Crippen molar-refractivity contribution in [2.24, 2.45) is 0 Å². The third-order valence-electron chi connectivity index (χ3n) is 4.17. The molecule has 2 aromatic carbocycles. The Bertz CT molecular complexity index is 1020. The second-order valence-electron chi connectivity index (χ2n) is 6.03. The molecule has 1 heterocycles. The fourth-order valence-electron chi connectivity index (χ4n) is 2.81. The van der Waals surface area contributed by atoms with Gasteiger partial charge in [0.05, 0.1) is 30.7 Å². The molecule has 0 saturated carbocycles. The van der Waals surface area contributed by atoms with Crippen molar-refractivity contribution in [1.82, 2.24) is 0 Å². The molecule has 0 bridgehead atoms. The molecule has 1 aliphatic heterocycles. The van der Waals surface area contributed by atoms with Crippen LogP contribution in [0.25, 0.3) is 0 Å². The molecule has 2 N–H and O–H groups in total. The molecule has 10 heteroatoms. The number of ether oxygens (including phenoxy) is 2. The zero-order valence-electron chi connectivity index (χ0n) is 14.7. The summed E-state index contributed by atoms with van der Waals surface area (Å²) in [5.41, 5.74) is 0.450. The summed E-state index contributed by atoms with van der Waals surface area (Å²) in [5.74, 6) is -1.88. The first-order valence-corrected chi connectivity index (χ1v) is 9.57. The lowest BCUT2D eigenvalue weighted by Crippen LogP contribution is -2.47. The first-order chi connectivity index (χ1) is 13.2. The summed E-state index contributed by atoms with van der Waals surface area (Å²) in [6.45, 7) is -0.451. The Morgan fingerprint density at radius 1 is 1.18 bits per heavy atom. The molecule has 1 aliphatic rings. The first-order valence-electron chi connectivity index (χ1n) is 8.13. The summed E-state index contributed by atoms with van der Waals surface area (Å²) in [5, 5.41) is 18.3. The van der Waals surface area contributed by atoms with E-state index in [0.29, 0.717) is 11.3 Å². The smallest absolute Gasteiger partial charge is 0.346 e. The largest absolute Gasteiger partial charge is 0.497 e. The van der Waals surface area contributed by atoms with Gasteiger partial charge in [-0.15, -0.1) is 0 Å². The van der Waals surface area contributed by atoms with E-state index in [1.54, 1.807) is 0 Å². The van der Waals surface area contributed by atoms with E-state index in [1.165, 1.54) is 49.6 Å². The number of anilines is 1. The number of carboxylic acid groups (broad SMARTS) is 2. The van der Waals surface area contributed by atoms with E-state index in [2.05, 4.69) is 0 Å². The third kappa shape index (κ3) is 3.72. The van der Waals surface area contributed by atoms with Gasteiger partial charge in [0.15, 0.2) is 0 Å². The number of benzene rings is 2. The normalized spacial score (nSPS) is 16.0. The van der Waals surface area contributed by atoms with Gasteiger partial charge in [0.25, 0.3) is 10.0 Å². The molecule has 148 valence electrons. The van der Waals surface area contributed by atoms with Gasteiger partial charge in [0.1, 0.15) is 11.5 Å². The highest BCUT2D eigenvalue weighted by molar-refractivity contribution is 7.92. The topological polar surface area (TPSA) is 130 Å². The van der Waals surface area contributed by atoms with Gasteiger partial charge in [-0.3, -0.25) is 9.10 Å². The van der Waals surface area contributed by atoms with E-state index in [1.807, 2.05) is 0 Å². The number of aliphatic carboxylic acids is 2. The predicted octanol–water partition coefficient (Wildman–Crippen LogP) is 1.36. The first kappa shape index (κ1) is 19.5. The maximum atomic E-state index is 13.2. The predicted molar refractivity (Wildman–Crippen MR) is 97.4 cm³/mol. The molecule has 0 aromatic heterocycles. The van der Waals surface area contributed by atoms with Crippen LogP contribution in [0.4, 0.5) is 5.69 Å². The summed E-state index contributed by atoms with van der Waals surface area (Å²) in [6, 6.07) is 9.85. The Balaban J connectivity index is 2.09. The lowest BCUT2D eigenvalue weighted by molar-refractivity contribution is -0.144. The molecule has 9 nitrogen and oxygen atoms in total. The standard InChI is InChI=1S/C18H17NO8S/c1-26-12-3-5-13(6-4-12)28(24,25)19-10-16(18(22)23)27-15-7-2-11(8-14(15)19)9-17(20)21/h2-8,16H,9-10H2,1H3,(H,20,21)(H,22,23)/t16-/m1/s1. The number of carbonyl (C=O) groups is 2. The second-order valence-corrected chi connectivity index (χ2v) is 7.89. The average molecular weight is 407 g/mol. The molecule has 0 unspecified atom stereocenters. The molecule has 0 fully saturated rings. The van der Waals surface area contributed by atoms with Crippen LogP contribution in [0.3, 0.4) is 0 Å². The van der Waals surface area contributed by atoms with E-state index >= 15 is 0 Å². The number of hydrogen-bond acceptors (Lipinski definition) is 6. The number of rotatable bonds is 6. The maximum Gasteiger partial charge on any atom is 0.346 e. The number of hydrogen-bond donors (Lipinski definition) is 2. The number of sulfonamides is 1. The molecule has 2 aromatic rings. The maximum absolute atomic E-state index is 13.2. The van der Waals surface area contributed by atoms with Crippen molar-refractivity contribution < 1.29 is 37.7 Å². The SMILES string of the molecule is COc1ccc(S(=O)(=O)N2C[C@H](C(=O)O)Oc3ccc(CC(=O)O)cc32)cc1. The number of methoxy groups -OCH3 is 1. The molecule has 0 spiro atoms. The molecular formula is C18H17NO8S. The fraction of sp³-hybridized carbons (Fsp3) is 0.222. The van der Waals surface area contributed by atoms with Crippen LogP contribution in [0.1, 0.15) is 5.56 Å². The number of nitrogens with zero attached hydrogens (tertiary/aromatic N) is 1. The summed E-state index contributed by atoms with van der Waals surface area (Å²) in [4.78, 5) is 22.4. The monoisotopic (exact) mass is 407 g/mol. The third-order valence-corrected chi connectivity index (χ3v) is 5.97. The minimum atomic E-state index is -4.13. The molecule has 0 radical (unpaired) electrons. The van der Waals surface area contributed by atoms with Crippen LogP contribution in [0.2, 0.25) is 0 Å². The lowest BCUT2D eigenvalue weighted by Gasteiger charge is -2.34. The average Bonchev–Trinajstić information content (AvgIpc) is 2.66. The minimum absolute atomic E-state index is 0.0462. The minimum Gasteiger partial charge on any atom is -0.497 e. The van der Waals surface area contributed by atoms with Gasteiger partial charge in [-0.05, 0) is 42.0 Å². The fourth-order valence-corrected chi connectivity index (χ4v) is 4.28. The Labute approximate surface area is 160 Å². The zero-order valence-corrected chi connectivity index (χ0v) is 15.5. The van der Waals surface area contributed by atoms with E-state index in [4.69, 9.17) is 14.6 Å². The van der Waals surface area contributed by atoms with Crippen molar-refractivity contribution in [2.45, 2.75) is 17.4 Å². The van der Waals surface area contributed by atoms with E-state index < -0.39 is 34.6 Å². The summed E-state index contributed by atoms with van der Waals surface area (Å²) < 4.78 is 37.7. The lowest BCUT2D eigenvalue weighted by atomic mass is 10.1. The number of carboxylic acids is 2. The Hall–Kier alpha value is -3.27. The van der Waals surface area contributed by atoms with Crippen LogP contribution < -0.4 is 13.8 Å². The van der Waals surface area contributed by atoms with Crippen molar-refractivity contribution in [2.75, 3.05) is 18.0 Å². The molecule has 28 heavy (non-hydrogen) atoms. The van der Waals surface area contributed by atoms with Gasteiger partial charge in [0.2, 0.25) is 6.10 Å². The molecule has 0 aliphatic carbocycles. The van der Waals surface area contributed by atoms with Gasteiger partial charge in [0, 0.05) is 0 Å². The van der Waals surface area contributed by atoms with Crippen molar-refractivity contribution in [1.29, 1.82) is 0 Å². The van der Waals surface area contributed by atoms with Crippen molar-refractivity contribution in [3.05, 3.63) is 48.0 Å². The summed E-state index contributed by atoms with van der Waals surface area (Å²) in [6.07, 6.45) is -1.71. The van der Waals surface area contributed by atoms with E-state index in [0.717, 1.165) is 4.31 Å². The highest BCUT2D eigenvalue weighted by Crippen LogP contribution is 2.38. The van der Waals surface area contributed by atoms with Gasteiger partial charge < -0.3 is 19.7 Å². The Morgan fingerprint density at radius 3 is 2.43 bits per heavy atom. The molecule has 0 saturated heterocycles. The second kappa shape index (κ2) is 7.39. The van der Waals surface area contributed by atoms with Crippen LogP contribution in [-0.2, 0) is 26.0 Å². The van der Waals surface area contributed by atoms with Crippen molar-refractivity contribution in [3.63, 3.8) is 0 Å². The summed E-state index contributed by atoms with van der Waals surface area (Å²) in [7, 11) is -2.68. The van der Waals surface area contributed by atoms with Crippen LogP contribution in [0, 0.1) is 0 Å². The van der Waals surface area contributed by atoms with Crippen LogP contribution >= 0.6 is 0 Å². The molecular weight excluding hydrogens is 390 g/mol. The van der Waals surface area contributed by atoms with Crippen LogP contribution in [-0.4, -0.2) is 50.3 Å². The van der Waals surface area contributed by atoms with Crippen molar-refractivity contribution >= 4 is 27.6 Å². The zero-order chi connectivity index (χ0) is 20.5. The highest BCUT2D eigenvalue weighted by atomic mass is 32.2. The Kier molecular flexibility index (Phi) is 5.14. The molecule has 0 amide bonds. The van der Waals surface area contributed by atoms with Gasteiger partial charge in [-0.2, -0.15) is 0 Å². The van der Waals surface area contributed by atoms with Crippen molar-refractivity contribution in [3.8, 4) is 11.5 Å². The van der Waals surface area contributed by atoms with Crippen LogP contribution in [0.15, 0.2) is 47.4 Å². The molecule has 1 atom stereocenters. The van der Waals surface area contributed by atoms with Crippen LogP contribution in [0.5, 0.6) is 11.5 Å². The van der Waals surface area contributed by atoms with Gasteiger partial charge >= 0.3 is 11.9 Å². The highest BCUT2D eigenvalue weighted by Gasteiger charge is 2.37. The van der Waals surface area contributed by atoms with E-state index in [-0.39, 0.29) is 22.8 Å².